The minimum absolute atomic E-state index is 0. The number of anilines is 1. The smallest absolute Gasteiger partial charge is 0.0951 e. The van der Waals surface area contributed by atoms with E-state index in [1.54, 1.807) is 0 Å². The van der Waals surface area contributed by atoms with Gasteiger partial charge in [0.15, 0.2) is 0 Å². The summed E-state index contributed by atoms with van der Waals surface area (Å²) in [4.78, 5) is 6.83. The average Bonchev–Trinajstić information content (AvgIpc) is 3.21. The maximum absolute atomic E-state index is 4.54. The Kier molecular flexibility index (Phi) is 5.84. The van der Waals surface area contributed by atoms with Gasteiger partial charge in [-0.3, -0.25) is 4.68 Å². The molecular formula is C22H30ClN5. The van der Waals surface area contributed by atoms with Crippen LogP contribution in [0.2, 0.25) is 0 Å². The summed E-state index contributed by atoms with van der Waals surface area (Å²) in [5.74, 6) is 0. The maximum Gasteiger partial charge on any atom is 0.0951 e. The van der Waals surface area contributed by atoms with Gasteiger partial charge in [-0.15, -0.1) is 12.4 Å². The Bertz CT molecular complexity index is 971. The molecule has 0 saturated carbocycles. The van der Waals surface area contributed by atoms with Gasteiger partial charge in [0.25, 0.3) is 0 Å². The van der Waals surface area contributed by atoms with E-state index in [9.17, 15) is 0 Å². The minimum atomic E-state index is 0. The fourth-order valence-electron chi connectivity index (χ4n) is 4.24. The van der Waals surface area contributed by atoms with Crippen LogP contribution in [0.25, 0.3) is 11.3 Å². The molecule has 2 aromatic heterocycles. The van der Waals surface area contributed by atoms with E-state index in [4.69, 9.17) is 0 Å². The molecule has 1 aromatic carbocycles. The van der Waals surface area contributed by atoms with Crippen LogP contribution in [-0.4, -0.2) is 32.4 Å². The lowest BCUT2D eigenvalue weighted by atomic mass is 9.95. The van der Waals surface area contributed by atoms with Gasteiger partial charge in [0.05, 0.1) is 23.9 Å². The second-order valence-electron chi connectivity index (χ2n) is 7.84. The van der Waals surface area contributed by atoms with E-state index in [1.165, 1.54) is 40.2 Å². The van der Waals surface area contributed by atoms with E-state index in [1.807, 2.05) is 24.3 Å². The molecule has 0 N–H and O–H groups in total. The van der Waals surface area contributed by atoms with Crippen LogP contribution in [-0.2, 0) is 26.4 Å². The third-order valence-corrected chi connectivity index (χ3v) is 6.22. The Hall–Kier alpha value is -2.27. The van der Waals surface area contributed by atoms with Gasteiger partial charge in [0, 0.05) is 43.6 Å². The molecule has 0 aliphatic carbocycles. The summed E-state index contributed by atoms with van der Waals surface area (Å²) in [7, 11) is 4.21. The van der Waals surface area contributed by atoms with Crippen LogP contribution in [0.3, 0.4) is 0 Å². The Balaban J connectivity index is 0.00000225. The number of rotatable bonds is 4. The van der Waals surface area contributed by atoms with E-state index < -0.39 is 0 Å². The second kappa shape index (κ2) is 8.00. The molecule has 5 nitrogen and oxygen atoms in total. The molecule has 1 atom stereocenters. The quantitative estimate of drug-likeness (QED) is 0.655. The summed E-state index contributed by atoms with van der Waals surface area (Å²) in [6.07, 6.45) is 7.27. The van der Waals surface area contributed by atoms with Gasteiger partial charge in [-0.25, -0.2) is 4.98 Å². The summed E-state index contributed by atoms with van der Waals surface area (Å²) in [5.41, 5.74) is 8.98. The van der Waals surface area contributed by atoms with E-state index in [0.717, 1.165) is 25.1 Å². The van der Waals surface area contributed by atoms with Crippen LogP contribution in [0.15, 0.2) is 30.7 Å². The first-order chi connectivity index (χ1) is 13.0. The highest BCUT2D eigenvalue weighted by Gasteiger charge is 2.20. The summed E-state index contributed by atoms with van der Waals surface area (Å²) in [6, 6.07) is 7.47. The summed E-state index contributed by atoms with van der Waals surface area (Å²) < 4.78 is 4.24. The average molecular weight is 400 g/mol. The van der Waals surface area contributed by atoms with Gasteiger partial charge in [-0.05, 0) is 63.3 Å². The number of nitrogens with zero attached hydrogens (tertiary/aromatic N) is 5. The van der Waals surface area contributed by atoms with Crippen molar-refractivity contribution in [3.05, 3.63) is 53.2 Å². The molecule has 6 heteroatoms. The molecule has 4 rings (SSSR count). The molecule has 1 aliphatic rings. The van der Waals surface area contributed by atoms with Gasteiger partial charge in [-0.1, -0.05) is 6.07 Å². The van der Waals surface area contributed by atoms with Crippen LogP contribution in [0.4, 0.5) is 5.69 Å². The van der Waals surface area contributed by atoms with Crippen LogP contribution < -0.4 is 4.90 Å². The van der Waals surface area contributed by atoms with Gasteiger partial charge in [0.2, 0.25) is 0 Å². The molecule has 3 heterocycles. The van der Waals surface area contributed by atoms with Gasteiger partial charge in [0.1, 0.15) is 0 Å². The topological polar surface area (TPSA) is 38.9 Å². The standard InChI is InChI=1S/C22H29N5.ClH/c1-15-6-7-18-12-19(8-9-21(18)25(15)4)22-13-23-14-27(22)11-10-20-16(2)24-26(5)17(20)3;/h8-9,12-15H,6-7,10-11H2,1-5H3;1H. The SMILES string of the molecule is Cc1nn(C)c(C)c1CCn1cncc1-c1ccc2c(c1)CCC(C)N2C.Cl. The number of benzene rings is 1. The predicted octanol–water partition coefficient (Wildman–Crippen LogP) is 4.34. The van der Waals surface area contributed by atoms with Crippen molar-refractivity contribution in [1.82, 2.24) is 19.3 Å². The lowest BCUT2D eigenvalue weighted by molar-refractivity contribution is 0.598. The Morgan fingerprint density at radius 3 is 2.68 bits per heavy atom. The third kappa shape index (κ3) is 3.55. The normalized spacial score (nSPS) is 16.0. The van der Waals surface area contributed by atoms with E-state index in [0.29, 0.717) is 6.04 Å². The first-order valence-electron chi connectivity index (χ1n) is 9.81. The number of imidazole rings is 1. The van der Waals surface area contributed by atoms with Crippen molar-refractivity contribution < 1.29 is 0 Å². The zero-order valence-corrected chi connectivity index (χ0v) is 18.3. The van der Waals surface area contributed by atoms with Gasteiger partial charge >= 0.3 is 0 Å². The van der Waals surface area contributed by atoms with Crippen LogP contribution in [0.1, 0.15) is 35.9 Å². The van der Waals surface area contributed by atoms with Crippen molar-refractivity contribution in [3.8, 4) is 11.3 Å². The molecule has 0 spiro atoms. The van der Waals surface area contributed by atoms with Crippen molar-refractivity contribution in [2.24, 2.45) is 7.05 Å². The van der Waals surface area contributed by atoms with Crippen molar-refractivity contribution in [1.29, 1.82) is 0 Å². The monoisotopic (exact) mass is 399 g/mol. The lowest BCUT2D eigenvalue weighted by Crippen LogP contribution is -2.33. The highest BCUT2D eigenvalue weighted by molar-refractivity contribution is 5.85. The van der Waals surface area contributed by atoms with Gasteiger partial charge < -0.3 is 9.47 Å². The second-order valence-corrected chi connectivity index (χ2v) is 7.84. The Labute approximate surface area is 173 Å². The molecule has 1 aliphatic heterocycles. The fraction of sp³-hybridized carbons (Fsp3) is 0.455. The Morgan fingerprint density at radius 1 is 1.18 bits per heavy atom. The van der Waals surface area contributed by atoms with Crippen LogP contribution in [0.5, 0.6) is 0 Å². The summed E-state index contributed by atoms with van der Waals surface area (Å²) >= 11 is 0. The highest BCUT2D eigenvalue weighted by Crippen LogP contribution is 2.33. The third-order valence-electron chi connectivity index (χ3n) is 6.22. The predicted molar refractivity (Wildman–Crippen MR) is 117 cm³/mol. The fourth-order valence-corrected chi connectivity index (χ4v) is 4.24. The number of fused-ring (bicyclic) bond motifs is 1. The van der Waals surface area contributed by atoms with Crippen molar-refractivity contribution in [3.63, 3.8) is 0 Å². The molecular weight excluding hydrogens is 370 g/mol. The van der Waals surface area contributed by atoms with Crippen molar-refractivity contribution in [2.75, 3.05) is 11.9 Å². The molecule has 150 valence electrons. The van der Waals surface area contributed by atoms with Crippen LogP contribution >= 0.6 is 12.4 Å². The van der Waals surface area contributed by atoms with Gasteiger partial charge in [-0.2, -0.15) is 5.10 Å². The molecule has 3 aromatic rings. The molecule has 0 amide bonds. The first kappa shape index (κ1) is 20.5. The zero-order valence-electron chi connectivity index (χ0n) is 17.4. The molecule has 28 heavy (non-hydrogen) atoms. The zero-order chi connectivity index (χ0) is 19.1. The lowest BCUT2D eigenvalue weighted by Gasteiger charge is -2.34. The van der Waals surface area contributed by atoms with E-state index in [-0.39, 0.29) is 12.4 Å². The summed E-state index contributed by atoms with van der Waals surface area (Å²) in [5, 5.41) is 4.54. The number of halogens is 1. The number of hydrogen-bond donors (Lipinski definition) is 0. The Morgan fingerprint density at radius 2 is 1.96 bits per heavy atom. The van der Waals surface area contributed by atoms with E-state index in [2.05, 4.69) is 65.6 Å². The molecule has 1 unspecified atom stereocenters. The number of aryl methyl sites for hydroxylation is 4. The number of aromatic nitrogens is 4. The van der Waals surface area contributed by atoms with Crippen LogP contribution in [0, 0.1) is 13.8 Å². The summed E-state index contributed by atoms with van der Waals surface area (Å²) in [6.45, 7) is 7.45. The molecule has 0 fully saturated rings. The first-order valence-corrected chi connectivity index (χ1v) is 9.81. The maximum atomic E-state index is 4.54. The molecule has 0 radical (unpaired) electrons. The highest BCUT2D eigenvalue weighted by atomic mass is 35.5. The largest absolute Gasteiger partial charge is 0.372 e. The van der Waals surface area contributed by atoms with Crippen molar-refractivity contribution in [2.45, 2.75) is 52.6 Å². The molecule has 0 bridgehead atoms. The number of hydrogen-bond acceptors (Lipinski definition) is 3. The van der Waals surface area contributed by atoms with Crippen molar-refractivity contribution >= 4 is 18.1 Å². The van der Waals surface area contributed by atoms with E-state index >= 15 is 0 Å². The minimum Gasteiger partial charge on any atom is -0.372 e. The molecule has 0 saturated heterocycles.